The quantitative estimate of drug-likeness (QED) is 0.0231. The molecule has 4 rings (SSSR count). The molecule has 2 aromatic rings. The number of nitrogens with one attached hydrogen (secondary N) is 2. The number of nitro groups is 1. The zero-order valence-electron chi connectivity index (χ0n) is 36.1. The van der Waals surface area contributed by atoms with Crippen molar-refractivity contribution in [1.82, 2.24) is 15.6 Å². The van der Waals surface area contributed by atoms with Gasteiger partial charge in [-0.05, 0) is 42.1 Å². The number of unbranched alkanes of at least 4 members (excludes halogenated alkanes) is 13. The number of fused-ring (bicyclic) bond motifs is 1. The molecule has 10 N–H and O–H groups in total. The van der Waals surface area contributed by atoms with Crippen LogP contribution in [0.15, 0.2) is 28.9 Å². The highest BCUT2D eigenvalue weighted by Gasteiger charge is 2.51. The van der Waals surface area contributed by atoms with E-state index >= 15 is 0 Å². The number of hydrogen-bond acceptors (Lipinski definition) is 19. The van der Waals surface area contributed by atoms with Gasteiger partial charge in [0.1, 0.15) is 48.8 Å². The molecular formula is C42H69N5O16. The van der Waals surface area contributed by atoms with Crippen LogP contribution in [0.3, 0.4) is 0 Å². The first kappa shape index (κ1) is 52.2. The van der Waals surface area contributed by atoms with Crippen LogP contribution >= 0.6 is 0 Å². The molecule has 0 aliphatic carbocycles. The highest BCUT2D eigenvalue weighted by atomic mass is 16.7. The molecule has 0 bridgehead atoms. The molecule has 1 amide bonds. The summed E-state index contributed by atoms with van der Waals surface area (Å²) in [6.45, 7) is 0.808. The number of anilines is 1. The Morgan fingerprint density at radius 3 is 2.10 bits per heavy atom. The van der Waals surface area contributed by atoms with E-state index < -0.39 is 91.7 Å². The second-order valence-electron chi connectivity index (χ2n) is 16.3. The summed E-state index contributed by atoms with van der Waals surface area (Å²) in [4.78, 5) is 23.9. The number of hydrogen-bond donors (Lipinski definition) is 10. The van der Waals surface area contributed by atoms with Crippen molar-refractivity contribution < 1.29 is 74.1 Å². The van der Waals surface area contributed by atoms with E-state index in [-0.39, 0.29) is 35.7 Å². The lowest BCUT2D eigenvalue weighted by Gasteiger charge is -2.46. The van der Waals surface area contributed by atoms with E-state index in [9.17, 15) is 55.8 Å². The number of rotatable bonds is 30. The van der Waals surface area contributed by atoms with Gasteiger partial charge < -0.3 is 70.4 Å². The number of nitrogens with zero attached hydrogens (tertiary/aromatic N) is 3. The van der Waals surface area contributed by atoms with Crippen molar-refractivity contribution in [3.63, 3.8) is 0 Å². The Kier molecular flexibility index (Phi) is 23.0. The monoisotopic (exact) mass is 899 g/mol. The van der Waals surface area contributed by atoms with Gasteiger partial charge in [0, 0.05) is 19.0 Å². The normalized spacial score (nSPS) is 27.4. The van der Waals surface area contributed by atoms with Crippen molar-refractivity contribution in [2.75, 3.05) is 31.7 Å². The molecule has 21 nitrogen and oxygen atoms in total. The van der Waals surface area contributed by atoms with Crippen LogP contribution in [0.2, 0.25) is 0 Å². The minimum Gasteiger partial charge on any atom is -0.394 e. The summed E-state index contributed by atoms with van der Waals surface area (Å²) in [6, 6.07) is 1.82. The first-order chi connectivity index (χ1) is 30.4. The van der Waals surface area contributed by atoms with Gasteiger partial charge in [-0.2, -0.15) is 0 Å². The third-order valence-corrected chi connectivity index (χ3v) is 11.5. The Balaban J connectivity index is 1.28. The molecule has 21 heteroatoms. The number of non-ortho nitro benzene ring substituents is 1. The summed E-state index contributed by atoms with van der Waals surface area (Å²) in [5.41, 5.74) is 0.561. The van der Waals surface area contributed by atoms with Gasteiger partial charge in [0.2, 0.25) is 11.4 Å². The van der Waals surface area contributed by atoms with Gasteiger partial charge in [-0.1, -0.05) is 89.7 Å². The van der Waals surface area contributed by atoms with E-state index in [0.29, 0.717) is 37.9 Å². The first-order valence-electron chi connectivity index (χ1n) is 22.4. The third-order valence-electron chi connectivity index (χ3n) is 11.5. The minimum absolute atomic E-state index is 0.0327. The lowest BCUT2D eigenvalue weighted by molar-refractivity contribution is -0.383. The smallest absolute Gasteiger partial charge is 0.300 e. The van der Waals surface area contributed by atoms with Crippen LogP contribution in [0, 0.1) is 10.1 Å². The van der Waals surface area contributed by atoms with Crippen molar-refractivity contribution in [3.05, 3.63) is 34.4 Å². The van der Waals surface area contributed by atoms with Crippen molar-refractivity contribution in [1.29, 1.82) is 0 Å². The fraction of sp³-hybridized carbons (Fsp3) is 0.786. The molecule has 0 radical (unpaired) electrons. The Morgan fingerprint density at radius 2 is 1.43 bits per heavy atom. The third kappa shape index (κ3) is 15.9. The molecule has 1 aromatic carbocycles. The van der Waals surface area contributed by atoms with Gasteiger partial charge in [-0.25, -0.2) is 4.63 Å². The number of aliphatic hydroxyl groups excluding tert-OH is 8. The lowest BCUT2D eigenvalue weighted by atomic mass is 9.97. The maximum atomic E-state index is 13.2. The second-order valence-corrected chi connectivity index (χ2v) is 16.3. The van der Waals surface area contributed by atoms with Gasteiger partial charge in [0.05, 0.1) is 42.6 Å². The number of aromatic nitrogens is 2. The van der Waals surface area contributed by atoms with Crippen molar-refractivity contribution >= 4 is 28.3 Å². The fourth-order valence-electron chi connectivity index (χ4n) is 7.65. The molecule has 12 atom stereocenters. The number of allylic oxidation sites excluding steroid dienone is 1. The molecule has 0 spiro atoms. The highest BCUT2D eigenvalue weighted by Crippen LogP contribution is 2.31. The maximum absolute atomic E-state index is 13.2. The van der Waals surface area contributed by atoms with Crippen molar-refractivity contribution in [3.8, 4) is 0 Å². The summed E-state index contributed by atoms with van der Waals surface area (Å²) in [7, 11) is 0. The summed E-state index contributed by atoms with van der Waals surface area (Å²) in [5.74, 6) is -0.383. The average molecular weight is 900 g/mol. The van der Waals surface area contributed by atoms with Gasteiger partial charge in [-0.15, -0.1) is 0 Å². The SMILES string of the molecule is CCCCCCCCCCCCCC=C[C@@H](O)[C@H](CO[C@@H]1O[C@H](CO)[C@@H](O[C@@H]2O[C@H](CO)[C@H](O)[C@H](O)[C@H]2O)[C@H](O)[C@H]1O)NC(=O)CCCCCNc1ccc([N+](=O)[O-])c2nonc12. The minimum atomic E-state index is -1.82. The van der Waals surface area contributed by atoms with Crippen LogP contribution in [-0.4, -0.2) is 162 Å². The number of carbonyl (C=O) groups is 1. The number of aliphatic hydroxyl groups is 8. The van der Waals surface area contributed by atoms with Crippen LogP contribution in [-0.2, 0) is 23.7 Å². The molecule has 0 saturated carbocycles. The van der Waals surface area contributed by atoms with Crippen LogP contribution in [0.5, 0.6) is 0 Å². The van der Waals surface area contributed by atoms with Crippen LogP contribution < -0.4 is 10.6 Å². The Labute approximate surface area is 366 Å². The molecule has 63 heavy (non-hydrogen) atoms. The largest absolute Gasteiger partial charge is 0.394 e. The lowest BCUT2D eigenvalue weighted by Crippen LogP contribution is -2.65. The average Bonchev–Trinajstić information content (AvgIpc) is 3.77. The van der Waals surface area contributed by atoms with Crippen LogP contribution in [0.25, 0.3) is 11.0 Å². The first-order valence-corrected chi connectivity index (χ1v) is 22.4. The molecule has 358 valence electrons. The van der Waals surface area contributed by atoms with Crippen molar-refractivity contribution in [2.45, 2.75) is 183 Å². The number of amides is 1. The Morgan fingerprint density at radius 1 is 0.810 bits per heavy atom. The van der Waals surface area contributed by atoms with E-state index in [1.54, 1.807) is 6.08 Å². The maximum Gasteiger partial charge on any atom is 0.300 e. The van der Waals surface area contributed by atoms with Crippen LogP contribution in [0.4, 0.5) is 11.4 Å². The fourth-order valence-corrected chi connectivity index (χ4v) is 7.65. The van der Waals surface area contributed by atoms with E-state index in [0.717, 1.165) is 19.3 Å². The predicted octanol–water partition coefficient (Wildman–Crippen LogP) is 1.85. The summed E-state index contributed by atoms with van der Waals surface area (Å²) < 4.78 is 27.2. The van der Waals surface area contributed by atoms with E-state index in [2.05, 4.69) is 27.9 Å². The highest BCUT2D eigenvalue weighted by molar-refractivity contribution is 5.93. The van der Waals surface area contributed by atoms with E-state index in [1.165, 1.54) is 63.5 Å². The number of ether oxygens (including phenoxy) is 4. The number of nitro benzene ring substituents is 1. The van der Waals surface area contributed by atoms with Gasteiger partial charge in [0.25, 0.3) is 0 Å². The molecule has 2 fully saturated rings. The zero-order valence-corrected chi connectivity index (χ0v) is 36.1. The number of carbonyl (C=O) groups excluding carboxylic acids is 1. The second kappa shape index (κ2) is 27.8. The molecule has 2 saturated heterocycles. The van der Waals surface area contributed by atoms with Crippen LogP contribution in [0.1, 0.15) is 110 Å². The molecule has 0 unspecified atom stereocenters. The topological polar surface area (TPSA) is 322 Å². The van der Waals surface area contributed by atoms with E-state index in [1.807, 2.05) is 6.08 Å². The zero-order chi connectivity index (χ0) is 45.7. The Bertz CT molecular complexity index is 1650. The van der Waals surface area contributed by atoms with Crippen molar-refractivity contribution in [2.24, 2.45) is 0 Å². The summed E-state index contributed by atoms with van der Waals surface area (Å²) in [6.07, 6.45) is 1.67. The molecular weight excluding hydrogens is 830 g/mol. The van der Waals surface area contributed by atoms with Gasteiger partial charge in [-0.3, -0.25) is 14.9 Å². The predicted molar refractivity (Wildman–Crippen MR) is 226 cm³/mol. The molecule has 2 aliphatic heterocycles. The standard InChI is InChI=1S/C42H69N5O16/c1-2-3-4-5-6-7-8-9-10-11-12-13-15-18-29(50)27(44-32(51)19-16-14-17-22-43-26-20-21-28(47(57)58)34-33(26)45-63-46-34)25-59-41-39(56)37(54)40(31(24-49)61-41)62-42-38(55)36(53)35(52)30(23-48)60-42/h15,18,20-21,27,29-31,35-43,48-50,52-56H,2-14,16-17,19,22-25H2,1H3,(H,44,51)/t27-,29+,30+,31+,35-,36-,37+,38+,39+,40+,41+,42-/m0/s1. The molecule has 1 aromatic heterocycles. The van der Waals surface area contributed by atoms with Gasteiger partial charge >= 0.3 is 5.69 Å². The summed E-state index contributed by atoms with van der Waals surface area (Å²) >= 11 is 0. The summed E-state index contributed by atoms with van der Waals surface area (Å²) in [5, 5.41) is 108. The Hall–Kier alpha value is -3.45. The molecule has 2 aliphatic rings. The van der Waals surface area contributed by atoms with Gasteiger partial charge in [0.15, 0.2) is 18.1 Å². The number of benzene rings is 1. The van der Waals surface area contributed by atoms with E-state index in [4.69, 9.17) is 23.6 Å². The molecule has 3 heterocycles.